The molecular weight excluding hydrogens is 388 g/mol. The molecule has 0 radical (unpaired) electrons. The van der Waals surface area contributed by atoms with Gasteiger partial charge in [0.15, 0.2) is 0 Å². The molecule has 0 aliphatic carbocycles. The second kappa shape index (κ2) is 7.53. The molecule has 25 heavy (non-hydrogen) atoms. The van der Waals surface area contributed by atoms with Crippen molar-refractivity contribution in [1.29, 1.82) is 0 Å². The second-order valence-corrected chi connectivity index (χ2v) is 6.20. The first-order valence-corrected chi connectivity index (χ1v) is 8.48. The van der Waals surface area contributed by atoms with Gasteiger partial charge in [0.2, 0.25) is 0 Å². The lowest BCUT2D eigenvalue weighted by Gasteiger charge is -2.08. The van der Waals surface area contributed by atoms with Crippen molar-refractivity contribution in [2.75, 3.05) is 6.61 Å². The van der Waals surface area contributed by atoms with Crippen molar-refractivity contribution in [2.24, 2.45) is 0 Å². The van der Waals surface area contributed by atoms with E-state index in [1.165, 1.54) is 6.07 Å². The third kappa shape index (κ3) is 4.09. The van der Waals surface area contributed by atoms with Crippen LogP contribution in [-0.2, 0) is 11.3 Å². The molecule has 1 heterocycles. The van der Waals surface area contributed by atoms with E-state index in [1.807, 2.05) is 24.3 Å². The molecule has 0 unspecified atom stereocenters. The summed E-state index contributed by atoms with van der Waals surface area (Å²) in [5.41, 5.74) is 0.530. The molecule has 3 aromatic rings. The number of carbonyl (C=O) groups excluding carboxylic acids is 1. The predicted octanol–water partition coefficient (Wildman–Crippen LogP) is 4.31. The number of rotatable bonds is 5. The maximum Gasteiger partial charge on any atom is 0.351 e. The molecule has 2 aromatic carbocycles. The summed E-state index contributed by atoms with van der Waals surface area (Å²) in [6.45, 7) is 2.26. The predicted molar refractivity (Wildman–Crippen MR) is 96.9 cm³/mol. The van der Waals surface area contributed by atoms with Crippen LogP contribution in [0.25, 0.3) is 11.0 Å². The topological polar surface area (TPSA) is 65.7 Å². The minimum atomic E-state index is -0.726. The van der Waals surface area contributed by atoms with E-state index in [-0.39, 0.29) is 12.2 Å². The summed E-state index contributed by atoms with van der Waals surface area (Å²) in [4.78, 5) is 23.7. The average molecular weight is 403 g/mol. The standard InChI is InChI=1S/C19H15BrO5/c1-2-23-18(21)16-9-13-5-8-15(10-17(13)25-19(16)22)24-11-12-3-6-14(20)7-4-12/h3-10H,2,11H2,1H3. The fraction of sp³-hybridized carbons (Fsp3) is 0.158. The first-order chi connectivity index (χ1) is 12.1. The van der Waals surface area contributed by atoms with Crippen molar-refractivity contribution >= 4 is 32.9 Å². The summed E-state index contributed by atoms with van der Waals surface area (Å²) in [6.07, 6.45) is 0. The molecule has 1 aromatic heterocycles. The van der Waals surface area contributed by atoms with Gasteiger partial charge in [0.1, 0.15) is 23.5 Å². The minimum Gasteiger partial charge on any atom is -0.489 e. The van der Waals surface area contributed by atoms with E-state index in [0.717, 1.165) is 10.0 Å². The molecule has 0 saturated carbocycles. The third-order valence-electron chi connectivity index (χ3n) is 3.52. The normalized spacial score (nSPS) is 10.6. The van der Waals surface area contributed by atoms with Gasteiger partial charge in [0.25, 0.3) is 0 Å². The summed E-state index contributed by atoms with van der Waals surface area (Å²) in [6, 6.07) is 14.4. The molecule has 6 heteroatoms. The van der Waals surface area contributed by atoms with Crippen molar-refractivity contribution in [1.82, 2.24) is 0 Å². The van der Waals surface area contributed by atoms with Crippen LogP contribution in [0.15, 0.2) is 62.2 Å². The molecule has 0 aliphatic heterocycles. The number of hydrogen-bond donors (Lipinski definition) is 0. The molecular formula is C19H15BrO5. The van der Waals surface area contributed by atoms with Gasteiger partial charge >= 0.3 is 11.6 Å². The van der Waals surface area contributed by atoms with Crippen LogP contribution >= 0.6 is 15.9 Å². The zero-order chi connectivity index (χ0) is 17.8. The Hall–Kier alpha value is -2.60. The fourth-order valence-corrected chi connectivity index (χ4v) is 2.54. The van der Waals surface area contributed by atoms with Gasteiger partial charge in [-0.3, -0.25) is 0 Å². The lowest BCUT2D eigenvalue weighted by molar-refractivity contribution is 0.0522. The van der Waals surface area contributed by atoms with E-state index >= 15 is 0 Å². The summed E-state index contributed by atoms with van der Waals surface area (Å²) >= 11 is 3.39. The van der Waals surface area contributed by atoms with Crippen LogP contribution in [0.3, 0.4) is 0 Å². The number of carbonyl (C=O) groups is 1. The Labute approximate surface area is 152 Å². The second-order valence-electron chi connectivity index (χ2n) is 5.28. The molecule has 0 aliphatic rings. The van der Waals surface area contributed by atoms with Crippen LogP contribution < -0.4 is 10.4 Å². The van der Waals surface area contributed by atoms with E-state index in [1.54, 1.807) is 25.1 Å². The van der Waals surface area contributed by atoms with Gasteiger partial charge in [0, 0.05) is 15.9 Å². The largest absolute Gasteiger partial charge is 0.489 e. The Bertz CT molecular complexity index is 960. The zero-order valence-corrected chi connectivity index (χ0v) is 15.0. The van der Waals surface area contributed by atoms with Crippen LogP contribution in [0.2, 0.25) is 0 Å². The Balaban J connectivity index is 1.82. The van der Waals surface area contributed by atoms with E-state index in [0.29, 0.717) is 23.3 Å². The van der Waals surface area contributed by atoms with Gasteiger partial charge in [-0.25, -0.2) is 9.59 Å². The van der Waals surface area contributed by atoms with E-state index < -0.39 is 11.6 Å². The number of ether oxygens (including phenoxy) is 2. The van der Waals surface area contributed by atoms with Crippen LogP contribution in [0.4, 0.5) is 0 Å². The molecule has 0 spiro atoms. The molecule has 0 amide bonds. The lowest BCUT2D eigenvalue weighted by Crippen LogP contribution is -2.16. The Morgan fingerprint density at radius 2 is 1.88 bits per heavy atom. The van der Waals surface area contributed by atoms with E-state index in [2.05, 4.69) is 15.9 Å². The van der Waals surface area contributed by atoms with Gasteiger partial charge in [-0.05, 0) is 42.8 Å². The molecule has 0 fully saturated rings. The smallest absolute Gasteiger partial charge is 0.351 e. The monoisotopic (exact) mass is 402 g/mol. The van der Waals surface area contributed by atoms with Gasteiger partial charge < -0.3 is 13.9 Å². The number of fused-ring (bicyclic) bond motifs is 1. The SMILES string of the molecule is CCOC(=O)c1cc2ccc(OCc3ccc(Br)cc3)cc2oc1=O. The summed E-state index contributed by atoms with van der Waals surface area (Å²) in [5.74, 6) is -0.115. The molecule has 5 nitrogen and oxygen atoms in total. The van der Waals surface area contributed by atoms with E-state index in [9.17, 15) is 9.59 Å². The number of esters is 1. The van der Waals surface area contributed by atoms with Gasteiger partial charge in [-0.15, -0.1) is 0 Å². The minimum absolute atomic E-state index is 0.113. The zero-order valence-electron chi connectivity index (χ0n) is 13.5. The van der Waals surface area contributed by atoms with Gasteiger partial charge in [-0.1, -0.05) is 28.1 Å². The average Bonchev–Trinajstić information content (AvgIpc) is 2.60. The third-order valence-corrected chi connectivity index (χ3v) is 4.05. The summed E-state index contributed by atoms with van der Waals surface area (Å²) < 4.78 is 16.8. The summed E-state index contributed by atoms with van der Waals surface area (Å²) in [7, 11) is 0. The van der Waals surface area contributed by atoms with Crippen molar-refractivity contribution in [3.05, 3.63) is 74.6 Å². The van der Waals surface area contributed by atoms with Crippen LogP contribution in [-0.4, -0.2) is 12.6 Å². The molecule has 0 bridgehead atoms. The number of hydrogen-bond acceptors (Lipinski definition) is 5. The van der Waals surface area contributed by atoms with Crippen LogP contribution in [0, 0.1) is 0 Å². The highest BCUT2D eigenvalue weighted by Gasteiger charge is 2.15. The summed E-state index contributed by atoms with van der Waals surface area (Å²) in [5, 5.41) is 0.624. The molecule has 0 saturated heterocycles. The van der Waals surface area contributed by atoms with Crippen molar-refractivity contribution in [2.45, 2.75) is 13.5 Å². The Kier molecular flexibility index (Phi) is 5.19. The van der Waals surface area contributed by atoms with Crippen molar-refractivity contribution in [3.63, 3.8) is 0 Å². The highest BCUT2D eigenvalue weighted by Crippen LogP contribution is 2.22. The van der Waals surface area contributed by atoms with Gasteiger partial charge in [-0.2, -0.15) is 0 Å². The highest BCUT2D eigenvalue weighted by atomic mass is 79.9. The quantitative estimate of drug-likeness (QED) is 0.469. The van der Waals surface area contributed by atoms with Crippen molar-refractivity contribution < 1.29 is 18.7 Å². The highest BCUT2D eigenvalue weighted by molar-refractivity contribution is 9.10. The fourth-order valence-electron chi connectivity index (χ4n) is 2.28. The lowest BCUT2D eigenvalue weighted by atomic mass is 10.2. The molecule has 3 rings (SSSR count). The molecule has 0 atom stereocenters. The Morgan fingerprint density at radius 3 is 2.60 bits per heavy atom. The maximum atomic E-state index is 12.0. The van der Waals surface area contributed by atoms with Crippen molar-refractivity contribution in [3.8, 4) is 5.75 Å². The first-order valence-electron chi connectivity index (χ1n) is 7.69. The first kappa shape index (κ1) is 17.2. The van der Waals surface area contributed by atoms with Crippen LogP contribution in [0.5, 0.6) is 5.75 Å². The van der Waals surface area contributed by atoms with Crippen LogP contribution in [0.1, 0.15) is 22.8 Å². The molecule has 0 N–H and O–H groups in total. The van der Waals surface area contributed by atoms with E-state index in [4.69, 9.17) is 13.9 Å². The number of benzene rings is 2. The molecule has 128 valence electrons. The number of halogens is 1. The Morgan fingerprint density at radius 1 is 1.12 bits per heavy atom. The van der Waals surface area contributed by atoms with Gasteiger partial charge in [0.05, 0.1) is 6.61 Å². The maximum absolute atomic E-state index is 12.0.